The number of esters is 1. The average Bonchev–Trinajstić information content (AvgIpc) is 2.62. The fourth-order valence-corrected chi connectivity index (χ4v) is 3.14. The van der Waals surface area contributed by atoms with Gasteiger partial charge in [-0.05, 0) is 55.2 Å². The molecule has 3 rings (SSSR count). The Balaban J connectivity index is 1.78. The highest BCUT2D eigenvalue weighted by molar-refractivity contribution is 5.74. The molecule has 1 atom stereocenters. The summed E-state index contributed by atoms with van der Waals surface area (Å²) in [4.78, 5) is 17.9. The van der Waals surface area contributed by atoms with E-state index in [1.54, 1.807) is 31.5 Å². The number of carbonyl (C=O) groups is 1. The molecule has 1 unspecified atom stereocenters. The Kier molecular flexibility index (Phi) is 5.08. The Morgan fingerprint density at radius 2 is 2.08 bits per heavy atom. The van der Waals surface area contributed by atoms with Gasteiger partial charge in [-0.3, -0.25) is 9.78 Å². The third-order valence-electron chi connectivity index (χ3n) is 4.34. The van der Waals surface area contributed by atoms with Gasteiger partial charge in [0.15, 0.2) is 0 Å². The van der Waals surface area contributed by atoms with Crippen LogP contribution in [-0.2, 0) is 9.53 Å². The Morgan fingerprint density at radius 3 is 2.79 bits per heavy atom. The predicted octanol–water partition coefficient (Wildman–Crippen LogP) is 3.67. The number of hydrogen-bond donors (Lipinski definition) is 0. The van der Waals surface area contributed by atoms with Crippen LogP contribution in [0.25, 0.3) is 11.1 Å². The fraction of sp³-hybridized carbons (Fsp3) is 0.368. The van der Waals surface area contributed by atoms with E-state index in [-0.39, 0.29) is 17.7 Å². The van der Waals surface area contributed by atoms with Crippen molar-refractivity contribution < 1.29 is 13.9 Å². The molecule has 126 valence electrons. The minimum absolute atomic E-state index is 0.182. The summed E-state index contributed by atoms with van der Waals surface area (Å²) in [7, 11) is 0. The van der Waals surface area contributed by atoms with Gasteiger partial charge in [-0.1, -0.05) is 6.07 Å². The molecule has 2 aromatic rings. The maximum absolute atomic E-state index is 14.6. The topological polar surface area (TPSA) is 42.4 Å². The zero-order chi connectivity index (χ0) is 16.9. The third-order valence-corrected chi connectivity index (χ3v) is 4.34. The molecule has 24 heavy (non-hydrogen) atoms. The number of anilines is 1. The first-order valence-corrected chi connectivity index (χ1v) is 8.30. The molecule has 0 radical (unpaired) electrons. The molecule has 5 heteroatoms. The van der Waals surface area contributed by atoms with Crippen LogP contribution >= 0.6 is 0 Å². The summed E-state index contributed by atoms with van der Waals surface area (Å²) < 4.78 is 19.7. The largest absolute Gasteiger partial charge is 0.466 e. The number of halogens is 1. The molecule has 0 aliphatic carbocycles. The number of piperidine rings is 1. The molecular weight excluding hydrogens is 307 g/mol. The van der Waals surface area contributed by atoms with Crippen LogP contribution in [0.5, 0.6) is 0 Å². The second-order valence-corrected chi connectivity index (χ2v) is 5.94. The smallest absolute Gasteiger partial charge is 0.310 e. The zero-order valence-corrected chi connectivity index (χ0v) is 13.7. The number of benzene rings is 1. The summed E-state index contributed by atoms with van der Waals surface area (Å²) >= 11 is 0. The van der Waals surface area contributed by atoms with E-state index in [2.05, 4.69) is 4.98 Å². The van der Waals surface area contributed by atoms with Crippen molar-refractivity contribution in [3.63, 3.8) is 0 Å². The summed E-state index contributed by atoms with van der Waals surface area (Å²) in [6.07, 6.45) is 5.03. The number of rotatable bonds is 4. The molecule has 1 aromatic carbocycles. The van der Waals surface area contributed by atoms with Crippen molar-refractivity contribution in [3.8, 4) is 11.1 Å². The van der Waals surface area contributed by atoms with Gasteiger partial charge < -0.3 is 9.64 Å². The second kappa shape index (κ2) is 7.43. The lowest BCUT2D eigenvalue weighted by atomic mass is 9.97. The first-order valence-electron chi connectivity index (χ1n) is 8.30. The quantitative estimate of drug-likeness (QED) is 0.803. The number of carbonyl (C=O) groups excluding carboxylic acids is 1. The lowest BCUT2D eigenvalue weighted by Crippen LogP contribution is -2.39. The lowest BCUT2D eigenvalue weighted by molar-refractivity contribution is -0.148. The average molecular weight is 328 g/mol. The highest BCUT2D eigenvalue weighted by atomic mass is 19.1. The van der Waals surface area contributed by atoms with E-state index < -0.39 is 0 Å². The van der Waals surface area contributed by atoms with Crippen LogP contribution in [0.4, 0.5) is 10.1 Å². The molecule has 0 N–H and O–H groups in total. The van der Waals surface area contributed by atoms with Crippen molar-refractivity contribution in [1.82, 2.24) is 4.98 Å². The van der Waals surface area contributed by atoms with Crippen LogP contribution in [0.2, 0.25) is 0 Å². The lowest BCUT2D eigenvalue weighted by Gasteiger charge is -2.33. The third kappa shape index (κ3) is 3.55. The van der Waals surface area contributed by atoms with Crippen molar-refractivity contribution in [2.24, 2.45) is 5.92 Å². The van der Waals surface area contributed by atoms with Crippen molar-refractivity contribution >= 4 is 11.7 Å². The summed E-state index contributed by atoms with van der Waals surface area (Å²) in [5.74, 6) is -0.636. The van der Waals surface area contributed by atoms with Crippen molar-refractivity contribution in [3.05, 3.63) is 48.5 Å². The maximum atomic E-state index is 14.6. The molecule has 1 aliphatic heterocycles. The first-order chi connectivity index (χ1) is 11.7. The van der Waals surface area contributed by atoms with E-state index in [4.69, 9.17) is 4.74 Å². The summed E-state index contributed by atoms with van der Waals surface area (Å²) in [6.45, 7) is 3.44. The van der Waals surface area contributed by atoms with Crippen molar-refractivity contribution in [1.29, 1.82) is 0 Å². The van der Waals surface area contributed by atoms with Gasteiger partial charge in [0, 0.05) is 25.5 Å². The van der Waals surface area contributed by atoms with E-state index in [1.165, 1.54) is 0 Å². The maximum Gasteiger partial charge on any atom is 0.310 e. The number of nitrogens with zero attached hydrogens (tertiary/aromatic N) is 2. The minimum atomic E-state index is -0.270. The van der Waals surface area contributed by atoms with Gasteiger partial charge in [0.2, 0.25) is 0 Å². The second-order valence-electron chi connectivity index (χ2n) is 5.94. The standard InChI is InChI=1S/C19H21FN2O2/c1-2-24-19(23)16-4-3-11-22(13-16)18-6-5-15(12-17(18)20)14-7-9-21-10-8-14/h5-10,12,16H,2-4,11,13H2,1H3. The Morgan fingerprint density at radius 1 is 1.29 bits per heavy atom. The van der Waals surface area contributed by atoms with Gasteiger partial charge in [0.25, 0.3) is 0 Å². The van der Waals surface area contributed by atoms with Gasteiger partial charge in [-0.2, -0.15) is 0 Å². The van der Waals surface area contributed by atoms with Crippen LogP contribution in [0.1, 0.15) is 19.8 Å². The molecule has 1 fully saturated rings. The number of aromatic nitrogens is 1. The van der Waals surface area contributed by atoms with E-state index in [9.17, 15) is 9.18 Å². The van der Waals surface area contributed by atoms with E-state index in [0.717, 1.165) is 30.5 Å². The van der Waals surface area contributed by atoms with Crippen LogP contribution in [-0.4, -0.2) is 30.6 Å². The zero-order valence-electron chi connectivity index (χ0n) is 13.7. The molecule has 1 aromatic heterocycles. The van der Waals surface area contributed by atoms with Gasteiger partial charge >= 0.3 is 5.97 Å². The minimum Gasteiger partial charge on any atom is -0.466 e. The molecule has 0 saturated carbocycles. The Labute approximate surface area is 141 Å². The summed E-state index contributed by atoms with van der Waals surface area (Å²) in [5, 5.41) is 0. The van der Waals surface area contributed by atoms with Crippen molar-refractivity contribution in [2.45, 2.75) is 19.8 Å². The molecule has 0 spiro atoms. The molecule has 4 nitrogen and oxygen atoms in total. The van der Waals surface area contributed by atoms with Gasteiger partial charge in [-0.15, -0.1) is 0 Å². The van der Waals surface area contributed by atoms with Gasteiger partial charge in [0.1, 0.15) is 5.82 Å². The van der Waals surface area contributed by atoms with E-state index in [1.807, 2.05) is 23.1 Å². The normalized spacial score (nSPS) is 17.6. The summed E-state index contributed by atoms with van der Waals surface area (Å²) in [5.41, 5.74) is 2.29. The van der Waals surface area contributed by atoms with Crippen LogP contribution < -0.4 is 4.90 Å². The number of pyridine rings is 1. The van der Waals surface area contributed by atoms with Crippen LogP contribution in [0.3, 0.4) is 0 Å². The molecule has 0 bridgehead atoms. The Bertz CT molecular complexity index is 706. The van der Waals surface area contributed by atoms with Gasteiger partial charge in [-0.25, -0.2) is 4.39 Å². The van der Waals surface area contributed by atoms with Gasteiger partial charge in [0.05, 0.1) is 18.2 Å². The Hall–Kier alpha value is -2.43. The molecule has 1 saturated heterocycles. The molecule has 0 amide bonds. The number of hydrogen-bond acceptors (Lipinski definition) is 4. The fourth-order valence-electron chi connectivity index (χ4n) is 3.14. The van der Waals surface area contributed by atoms with Crippen LogP contribution in [0.15, 0.2) is 42.7 Å². The predicted molar refractivity (Wildman–Crippen MR) is 91.2 cm³/mol. The molecular formula is C19H21FN2O2. The van der Waals surface area contributed by atoms with E-state index in [0.29, 0.717) is 18.8 Å². The SMILES string of the molecule is CCOC(=O)C1CCCN(c2ccc(-c3ccncc3)cc2F)C1. The van der Waals surface area contributed by atoms with Crippen molar-refractivity contribution in [2.75, 3.05) is 24.6 Å². The highest BCUT2D eigenvalue weighted by Crippen LogP contribution is 2.29. The van der Waals surface area contributed by atoms with Crippen LogP contribution in [0, 0.1) is 11.7 Å². The highest BCUT2D eigenvalue weighted by Gasteiger charge is 2.28. The number of ether oxygens (including phenoxy) is 1. The monoisotopic (exact) mass is 328 g/mol. The molecule has 1 aliphatic rings. The first kappa shape index (κ1) is 16.4. The van der Waals surface area contributed by atoms with E-state index >= 15 is 0 Å². The summed E-state index contributed by atoms with van der Waals surface area (Å²) in [6, 6.07) is 8.94. The molecule has 2 heterocycles.